The maximum absolute atomic E-state index is 12.6. The van der Waals surface area contributed by atoms with E-state index in [0.29, 0.717) is 28.3 Å². The van der Waals surface area contributed by atoms with Crippen LogP contribution in [-0.2, 0) is 19.6 Å². The van der Waals surface area contributed by atoms with Gasteiger partial charge in [0.2, 0.25) is 15.9 Å². The summed E-state index contributed by atoms with van der Waals surface area (Å²) in [6.07, 6.45) is 1.03. The second-order valence-electron chi connectivity index (χ2n) is 7.23. The number of carbonyl (C=O) groups is 2. The molecule has 0 unspecified atom stereocenters. The van der Waals surface area contributed by atoms with Crippen LogP contribution >= 0.6 is 0 Å². The van der Waals surface area contributed by atoms with E-state index in [9.17, 15) is 18.0 Å². The van der Waals surface area contributed by atoms with Gasteiger partial charge in [-0.05, 0) is 75.7 Å². The van der Waals surface area contributed by atoms with Crippen molar-refractivity contribution in [2.24, 2.45) is 0 Å². The van der Waals surface area contributed by atoms with Crippen molar-refractivity contribution in [3.8, 4) is 5.75 Å². The summed E-state index contributed by atoms with van der Waals surface area (Å²) in [7, 11) is -3.71. The lowest BCUT2D eigenvalue weighted by atomic mass is 10.1. The predicted molar refractivity (Wildman–Crippen MR) is 120 cm³/mol. The maximum atomic E-state index is 12.6. The van der Waals surface area contributed by atoms with E-state index < -0.39 is 28.4 Å². The smallest absolute Gasteiger partial charge is 0.338 e. The van der Waals surface area contributed by atoms with E-state index in [1.807, 2.05) is 13.8 Å². The highest BCUT2D eigenvalue weighted by atomic mass is 32.2. The van der Waals surface area contributed by atoms with Crippen molar-refractivity contribution >= 4 is 33.3 Å². The summed E-state index contributed by atoms with van der Waals surface area (Å²) in [4.78, 5) is 24.4. The fourth-order valence-electron chi connectivity index (χ4n) is 2.83. The van der Waals surface area contributed by atoms with Gasteiger partial charge in [0, 0.05) is 5.69 Å². The Morgan fingerprint density at radius 3 is 2.26 bits per heavy atom. The fourth-order valence-corrected chi connectivity index (χ4v) is 3.69. The van der Waals surface area contributed by atoms with Crippen LogP contribution in [-0.4, -0.2) is 45.8 Å². The SMILES string of the molecule is CCOC(=O)c1ccc(NC(=O)CN(c2ccc(OC(C)C)cc2)S(C)(=O)=O)c(C)c1. The van der Waals surface area contributed by atoms with Gasteiger partial charge in [-0.1, -0.05) is 0 Å². The number of hydrogen-bond donors (Lipinski definition) is 1. The number of aryl methyl sites for hydroxylation is 1. The molecule has 0 aliphatic carbocycles. The summed E-state index contributed by atoms with van der Waals surface area (Å²) < 4.78 is 36.1. The molecule has 0 spiro atoms. The highest BCUT2D eigenvalue weighted by molar-refractivity contribution is 7.92. The molecule has 2 aromatic carbocycles. The average Bonchev–Trinajstić information content (AvgIpc) is 2.67. The summed E-state index contributed by atoms with van der Waals surface area (Å²) in [5.74, 6) is -0.356. The number of anilines is 2. The van der Waals surface area contributed by atoms with E-state index in [0.717, 1.165) is 10.6 Å². The Kier molecular flexibility index (Phi) is 8.04. The van der Waals surface area contributed by atoms with Crippen LogP contribution in [0.5, 0.6) is 5.75 Å². The molecule has 1 N–H and O–H groups in total. The molecule has 0 saturated heterocycles. The number of hydrogen-bond acceptors (Lipinski definition) is 6. The van der Waals surface area contributed by atoms with Crippen molar-refractivity contribution in [2.45, 2.75) is 33.8 Å². The molecule has 1 amide bonds. The lowest BCUT2D eigenvalue weighted by Gasteiger charge is -2.22. The third-order valence-corrected chi connectivity index (χ3v) is 5.34. The highest BCUT2D eigenvalue weighted by Crippen LogP contribution is 2.23. The van der Waals surface area contributed by atoms with Gasteiger partial charge in [-0.2, -0.15) is 0 Å². The standard InChI is InChI=1S/C22H28N2O6S/c1-6-29-22(26)17-7-12-20(16(4)13-17)23-21(25)14-24(31(5,27)28)18-8-10-19(11-9-18)30-15(2)3/h7-13,15H,6,14H2,1-5H3,(H,23,25). The highest BCUT2D eigenvalue weighted by Gasteiger charge is 2.21. The van der Waals surface area contributed by atoms with Gasteiger partial charge in [0.05, 0.1) is 30.2 Å². The molecule has 9 heteroatoms. The Hall–Kier alpha value is -3.07. The van der Waals surface area contributed by atoms with Crippen molar-refractivity contribution in [1.82, 2.24) is 0 Å². The van der Waals surface area contributed by atoms with E-state index in [1.54, 1.807) is 56.3 Å². The molecular formula is C22H28N2O6S. The molecular weight excluding hydrogens is 420 g/mol. The van der Waals surface area contributed by atoms with Gasteiger partial charge in [0.15, 0.2) is 0 Å². The van der Waals surface area contributed by atoms with Gasteiger partial charge in [0.1, 0.15) is 12.3 Å². The number of benzene rings is 2. The topological polar surface area (TPSA) is 102 Å². The van der Waals surface area contributed by atoms with Gasteiger partial charge in [0.25, 0.3) is 0 Å². The minimum Gasteiger partial charge on any atom is -0.491 e. The molecule has 0 fully saturated rings. The van der Waals surface area contributed by atoms with Gasteiger partial charge in [-0.15, -0.1) is 0 Å². The number of esters is 1. The molecule has 0 bridgehead atoms. The first-order chi connectivity index (χ1) is 14.5. The molecule has 0 aromatic heterocycles. The Balaban J connectivity index is 2.16. The quantitative estimate of drug-likeness (QED) is 0.590. The lowest BCUT2D eigenvalue weighted by Crippen LogP contribution is -2.37. The van der Waals surface area contributed by atoms with Gasteiger partial charge in [-0.3, -0.25) is 9.10 Å². The van der Waals surface area contributed by atoms with Crippen molar-refractivity contribution in [2.75, 3.05) is 29.0 Å². The normalized spacial score (nSPS) is 11.2. The maximum Gasteiger partial charge on any atom is 0.338 e. The van der Waals surface area contributed by atoms with Crippen LogP contribution < -0.4 is 14.4 Å². The largest absolute Gasteiger partial charge is 0.491 e. The van der Waals surface area contributed by atoms with Gasteiger partial charge >= 0.3 is 5.97 Å². The Bertz CT molecular complexity index is 1030. The second-order valence-corrected chi connectivity index (χ2v) is 9.14. The van der Waals surface area contributed by atoms with Crippen LogP contribution in [0.2, 0.25) is 0 Å². The molecule has 0 aliphatic rings. The van der Waals surface area contributed by atoms with Gasteiger partial charge in [-0.25, -0.2) is 13.2 Å². The zero-order chi connectivity index (χ0) is 23.2. The van der Waals surface area contributed by atoms with Gasteiger partial charge < -0.3 is 14.8 Å². The van der Waals surface area contributed by atoms with E-state index in [4.69, 9.17) is 9.47 Å². The Morgan fingerprint density at radius 2 is 1.74 bits per heavy atom. The summed E-state index contributed by atoms with van der Waals surface area (Å²) in [6, 6.07) is 11.2. The molecule has 8 nitrogen and oxygen atoms in total. The number of amides is 1. The summed E-state index contributed by atoms with van der Waals surface area (Å²) in [6.45, 7) is 7.10. The van der Waals surface area contributed by atoms with Crippen LogP contribution in [0.4, 0.5) is 11.4 Å². The average molecular weight is 449 g/mol. The minimum atomic E-state index is -3.71. The molecule has 31 heavy (non-hydrogen) atoms. The predicted octanol–water partition coefficient (Wildman–Crippen LogP) is 3.36. The Morgan fingerprint density at radius 1 is 1.10 bits per heavy atom. The third-order valence-electron chi connectivity index (χ3n) is 4.20. The number of nitrogens with one attached hydrogen (secondary N) is 1. The monoisotopic (exact) mass is 448 g/mol. The molecule has 2 rings (SSSR count). The van der Waals surface area contributed by atoms with Crippen molar-refractivity contribution in [3.63, 3.8) is 0 Å². The van der Waals surface area contributed by atoms with E-state index in [1.165, 1.54) is 0 Å². The first-order valence-corrected chi connectivity index (χ1v) is 11.7. The summed E-state index contributed by atoms with van der Waals surface area (Å²) in [5, 5.41) is 2.70. The number of carbonyl (C=O) groups excluding carboxylic acids is 2. The van der Waals surface area contributed by atoms with Crippen LogP contribution in [0.1, 0.15) is 36.7 Å². The molecule has 0 atom stereocenters. The van der Waals surface area contributed by atoms with Crippen molar-refractivity contribution < 1.29 is 27.5 Å². The second kappa shape index (κ2) is 10.3. The van der Waals surface area contributed by atoms with E-state index >= 15 is 0 Å². The molecule has 0 aliphatic heterocycles. The number of sulfonamides is 1. The minimum absolute atomic E-state index is 0.0129. The zero-order valence-electron chi connectivity index (χ0n) is 18.3. The molecule has 2 aromatic rings. The zero-order valence-corrected chi connectivity index (χ0v) is 19.2. The number of rotatable bonds is 9. The van der Waals surface area contributed by atoms with Crippen LogP contribution in [0.25, 0.3) is 0 Å². The van der Waals surface area contributed by atoms with E-state index in [2.05, 4.69) is 5.32 Å². The van der Waals surface area contributed by atoms with Crippen LogP contribution in [0.3, 0.4) is 0 Å². The summed E-state index contributed by atoms with van der Waals surface area (Å²) >= 11 is 0. The van der Waals surface area contributed by atoms with Crippen molar-refractivity contribution in [1.29, 1.82) is 0 Å². The lowest BCUT2D eigenvalue weighted by molar-refractivity contribution is -0.114. The third kappa shape index (κ3) is 6.99. The summed E-state index contributed by atoms with van der Waals surface area (Å²) in [5.41, 5.74) is 1.86. The fraction of sp³-hybridized carbons (Fsp3) is 0.364. The molecule has 168 valence electrons. The first kappa shape index (κ1) is 24.2. The molecule has 0 radical (unpaired) electrons. The van der Waals surface area contributed by atoms with Crippen LogP contribution in [0, 0.1) is 6.92 Å². The van der Waals surface area contributed by atoms with E-state index in [-0.39, 0.29) is 12.7 Å². The first-order valence-electron chi connectivity index (χ1n) is 9.83. The van der Waals surface area contributed by atoms with Crippen LogP contribution in [0.15, 0.2) is 42.5 Å². The number of ether oxygens (including phenoxy) is 2. The molecule has 0 saturated carbocycles. The molecule has 0 heterocycles. The Labute approximate surface area is 183 Å². The van der Waals surface area contributed by atoms with Crippen molar-refractivity contribution in [3.05, 3.63) is 53.6 Å². The number of nitrogens with zero attached hydrogens (tertiary/aromatic N) is 1.